The van der Waals surface area contributed by atoms with E-state index in [0.717, 1.165) is 9.79 Å². The molecular formula is C24H20N2O3S. The average molecular weight is 417 g/mol. The summed E-state index contributed by atoms with van der Waals surface area (Å²) in [5.41, 5.74) is 1.94. The van der Waals surface area contributed by atoms with Gasteiger partial charge < -0.3 is 10.1 Å². The molecule has 3 aromatic carbocycles. The highest BCUT2D eigenvalue weighted by molar-refractivity contribution is 7.99. The van der Waals surface area contributed by atoms with E-state index in [9.17, 15) is 14.9 Å². The van der Waals surface area contributed by atoms with Crippen LogP contribution in [0.3, 0.4) is 0 Å². The van der Waals surface area contributed by atoms with E-state index in [-0.39, 0.29) is 0 Å². The van der Waals surface area contributed by atoms with E-state index in [1.807, 2.05) is 49.4 Å². The molecule has 1 N–H and O–H groups in total. The molecule has 1 unspecified atom stereocenters. The fraction of sp³-hybridized carbons (Fsp3) is 0.125. The van der Waals surface area contributed by atoms with Crippen LogP contribution in [-0.4, -0.2) is 18.8 Å². The second kappa shape index (κ2) is 9.77. The molecule has 5 nitrogen and oxygen atoms in total. The molecule has 0 aromatic heterocycles. The molecule has 0 bridgehead atoms. The number of methoxy groups -OCH3 is 1. The van der Waals surface area contributed by atoms with E-state index >= 15 is 0 Å². The molecule has 3 rings (SSSR count). The predicted molar refractivity (Wildman–Crippen MR) is 117 cm³/mol. The molecule has 0 radical (unpaired) electrons. The summed E-state index contributed by atoms with van der Waals surface area (Å²) in [6.07, 6.45) is 0. The molecule has 1 amide bonds. The maximum absolute atomic E-state index is 12.7. The van der Waals surface area contributed by atoms with Gasteiger partial charge in [-0.05, 0) is 42.8 Å². The zero-order valence-corrected chi connectivity index (χ0v) is 17.4. The van der Waals surface area contributed by atoms with Gasteiger partial charge in [0, 0.05) is 27.1 Å². The summed E-state index contributed by atoms with van der Waals surface area (Å²) in [4.78, 5) is 27.3. The molecule has 0 fully saturated rings. The summed E-state index contributed by atoms with van der Waals surface area (Å²) < 4.78 is 5.12. The smallest absolute Gasteiger partial charge is 0.249 e. The number of nitrogens with zero attached hydrogens (tertiary/aromatic N) is 1. The summed E-state index contributed by atoms with van der Waals surface area (Å²) >= 11 is 1.59. The first kappa shape index (κ1) is 21.2. The van der Waals surface area contributed by atoms with E-state index in [2.05, 4.69) is 5.32 Å². The highest BCUT2D eigenvalue weighted by Gasteiger charge is 2.27. The molecule has 3 aromatic rings. The highest BCUT2D eigenvalue weighted by atomic mass is 32.2. The minimum absolute atomic E-state index is 0.316. The Bertz CT molecular complexity index is 1100. The first-order chi connectivity index (χ1) is 14.5. The minimum Gasteiger partial charge on any atom is -0.497 e. The lowest BCUT2D eigenvalue weighted by Crippen LogP contribution is -2.28. The molecule has 0 saturated heterocycles. The van der Waals surface area contributed by atoms with Gasteiger partial charge in [-0.25, -0.2) is 0 Å². The van der Waals surface area contributed by atoms with Crippen molar-refractivity contribution in [2.45, 2.75) is 16.7 Å². The van der Waals surface area contributed by atoms with Crippen LogP contribution in [0.15, 0.2) is 82.6 Å². The fourth-order valence-corrected chi connectivity index (χ4v) is 3.71. The molecule has 0 aliphatic carbocycles. The lowest BCUT2D eigenvalue weighted by atomic mass is 9.98. The average Bonchev–Trinajstić information content (AvgIpc) is 2.76. The monoisotopic (exact) mass is 416 g/mol. The SMILES string of the molecule is COc1cccc(NC(=O)C(C#N)C(=O)c2ccc(Sc3ccccc3C)cc2)c1. The molecule has 0 aliphatic heterocycles. The first-order valence-electron chi connectivity index (χ1n) is 9.24. The van der Waals surface area contributed by atoms with Crippen LogP contribution in [0.1, 0.15) is 15.9 Å². The van der Waals surface area contributed by atoms with Crippen LogP contribution in [0, 0.1) is 24.2 Å². The Morgan fingerprint density at radius 3 is 2.43 bits per heavy atom. The maximum Gasteiger partial charge on any atom is 0.249 e. The van der Waals surface area contributed by atoms with E-state index in [4.69, 9.17) is 4.74 Å². The number of amides is 1. The first-order valence-corrected chi connectivity index (χ1v) is 10.1. The third kappa shape index (κ3) is 5.07. The van der Waals surface area contributed by atoms with Crippen LogP contribution in [0.25, 0.3) is 0 Å². The Balaban J connectivity index is 1.71. The van der Waals surface area contributed by atoms with Crippen molar-refractivity contribution < 1.29 is 14.3 Å². The van der Waals surface area contributed by atoms with Gasteiger partial charge in [0.05, 0.1) is 13.2 Å². The van der Waals surface area contributed by atoms with E-state index in [0.29, 0.717) is 17.0 Å². The number of benzene rings is 3. The van der Waals surface area contributed by atoms with Gasteiger partial charge in [-0.1, -0.05) is 48.2 Å². The topological polar surface area (TPSA) is 79.2 Å². The number of nitriles is 1. The lowest BCUT2D eigenvalue weighted by molar-refractivity contribution is -0.117. The van der Waals surface area contributed by atoms with Crippen molar-refractivity contribution in [1.29, 1.82) is 5.26 Å². The molecule has 0 spiro atoms. The second-order valence-corrected chi connectivity index (χ2v) is 7.65. The number of anilines is 1. The largest absolute Gasteiger partial charge is 0.497 e. The van der Waals surface area contributed by atoms with Gasteiger partial charge in [0.2, 0.25) is 5.91 Å². The van der Waals surface area contributed by atoms with Crippen LogP contribution in [0.4, 0.5) is 5.69 Å². The number of carbonyl (C=O) groups is 2. The number of rotatable bonds is 7. The van der Waals surface area contributed by atoms with Crippen molar-refractivity contribution in [1.82, 2.24) is 0 Å². The normalized spacial score (nSPS) is 11.2. The molecule has 150 valence electrons. The Morgan fingerprint density at radius 2 is 1.77 bits per heavy atom. The van der Waals surface area contributed by atoms with Gasteiger partial charge in [0.1, 0.15) is 5.75 Å². The van der Waals surface area contributed by atoms with E-state index in [1.54, 1.807) is 48.2 Å². The molecule has 30 heavy (non-hydrogen) atoms. The molecular weight excluding hydrogens is 396 g/mol. The summed E-state index contributed by atoms with van der Waals surface area (Å²) in [6, 6.07) is 23.5. The standard InChI is InChI=1S/C24H20N2O3S/c1-16-6-3-4-9-22(16)30-20-12-10-17(11-13-20)23(27)21(15-25)24(28)26-18-7-5-8-19(14-18)29-2/h3-14,21H,1-2H3,(H,26,28). The number of ketones is 1. The molecule has 0 aliphatic rings. The lowest BCUT2D eigenvalue weighted by Gasteiger charge is -2.11. The van der Waals surface area contributed by atoms with Gasteiger partial charge >= 0.3 is 0 Å². The number of hydrogen-bond acceptors (Lipinski definition) is 5. The van der Waals surface area contributed by atoms with Crippen molar-refractivity contribution in [3.63, 3.8) is 0 Å². The van der Waals surface area contributed by atoms with Crippen molar-refractivity contribution in [2.24, 2.45) is 5.92 Å². The van der Waals surface area contributed by atoms with Gasteiger partial charge in [-0.3, -0.25) is 9.59 Å². The minimum atomic E-state index is -1.44. The van der Waals surface area contributed by atoms with Crippen LogP contribution in [0.5, 0.6) is 5.75 Å². The van der Waals surface area contributed by atoms with Crippen molar-refractivity contribution in [3.8, 4) is 11.8 Å². The van der Waals surface area contributed by atoms with Crippen molar-refractivity contribution in [3.05, 3.63) is 83.9 Å². The van der Waals surface area contributed by atoms with E-state index in [1.165, 1.54) is 12.7 Å². The number of carbonyl (C=O) groups excluding carboxylic acids is 2. The van der Waals surface area contributed by atoms with Crippen molar-refractivity contribution >= 4 is 29.1 Å². The van der Waals surface area contributed by atoms with Crippen LogP contribution >= 0.6 is 11.8 Å². The molecule has 0 heterocycles. The molecule has 6 heteroatoms. The summed E-state index contributed by atoms with van der Waals surface area (Å²) in [5, 5.41) is 12.0. The number of ether oxygens (including phenoxy) is 1. The fourth-order valence-electron chi connectivity index (χ4n) is 2.80. The summed E-state index contributed by atoms with van der Waals surface area (Å²) in [5.74, 6) is -2.08. The van der Waals surface area contributed by atoms with Crippen LogP contribution in [-0.2, 0) is 4.79 Å². The molecule has 1 atom stereocenters. The summed E-state index contributed by atoms with van der Waals surface area (Å²) in [6.45, 7) is 2.04. The maximum atomic E-state index is 12.7. The van der Waals surface area contributed by atoms with E-state index < -0.39 is 17.6 Å². The Labute approximate surface area is 179 Å². The van der Waals surface area contributed by atoms with Gasteiger partial charge in [-0.15, -0.1) is 0 Å². The number of Topliss-reactive ketones (excluding diaryl/α,β-unsaturated/α-hetero) is 1. The number of nitrogens with one attached hydrogen (secondary N) is 1. The quantitative estimate of drug-likeness (QED) is 0.427. The number of aryl methyl sites for hydroxylation is 1. The highest BCUT2D eigenvalue weighted by Crippen LogP contribution is 2.30. The zero-order chi connectivity index (χ0) is 21.5. The second-order valence-electron chi connectivity index (χ2n) is 6.54. The predicted octanol–water partition coefficient (Wildman–Crippen LogP) is 5.12. The zero-order valence-electron chi connectivity index (χ0n) is 16.6. The Morgan fingerprint density at radius 1 is 1.03 bits per heavy atom. The van der Waals surface area contributed by atoms with Gasteiger partial charge in [-0.2, -0.15) is 5.26 Å². The van der Waals surface area contributed by atoms with Gasteiger partial charge in [0.25, 0.3) is 0 Å². The molecule has 0 saturated carbocycles. The van der Waals surface area contributed by atoms with Crippen LogP contribution < -0.4 is 10.1 Å². The number of hydrogen-bond donors (Lipinski definition) is 1. The third-order valence-electron chi connectivity index (χ3n) is 4.45. The van der Waals surface area contributed by atoms with Crippen LogP contribution in [0.2, 0.25) is 0 Å². The Hall–Kier alpha value is -3.56. The van der Waals surface area contributed by atoms with Gasteiger partial charge in [0.15, 0.2) is 11.7 Å². The summed E-state index contributed by atoms with van der Waals surface area (Å²) in [7, 11) is 1.52. The third-order valence-corrected chi connectivity index (χ3v) is 5.64. The van der Waals surface area contributed by atoms with Crippen molar-refractivity contribution in [2.75, 3.05) is 12.4 Å². The Kier molecular flexibility index (Phi) is 6.89.